The van der Waals surface area contributed by atoms with Crippen LogP contribution in [-0.2, 0) is 11.2 Å². The Morgan fingerprint density at radius 2 is 1.79 bits per heavy atom. The zero-order chi connectivity index (χ0) is 13.7. The maximum atomic E-state index is 12.2. The van der Waals surface area contributed by atoms with Crippen molar-refractivity contribution in [2.24, 2.45) is 0 Å². The molecule has 104 valence electrons. The molecule has 0 atom stereocenters. The van der Waals surface area contributed by atoms with E-state index in [9.17, 15) is 4.79 Å². The minimum absolute atomic E-state index is 0.201. The van der Waals surface area contributed by atoms with Crippen LogP contribution < -0.4 is 9.47 Å². The van der Waals surface area contributed by atoms with E-state index >= 15 is 0 Å². The summed E-state index contributed by atoms with van der Waals surface area (Å²) < 4.78 is 10.4. The van der Waals surface area contributed by atoms with Gasteiger partial charge in [-0.15, -0.1) is 0 Å². The van der Waals surface area contributed by atoms with Gasteiger partial charge >= 0.3 is 0 Å². The fourth-order valence-corrected chi connectivity index (χ4v) is 2.42. The Balaban J connectivity index is 2.03. The zero-order valence-corrected chi connectivity index (χ0v) is 11.6. The van der Waals surface area contributed by atoms with E-state index in [1.54, 1.807) is 14.2 Å². The number of rotatable bonds is 4. The summed E-state index contributed by atoms with van der Waals surface area (Å²) in [4.78, 5) is 14.1. The number of methoxy groups -OCH3 is 2. The molecule has 4 nitrogen and oxygen atoms in total. The fourth-order valence-electron chi connectivity index (χ4n) is 2.42. The predicted molar refractivity (Wildman–Crippen MR) is 73.7 cm³/mol. The summed E-state index contributed by atoms with van der Waals surface area (Å²) in [5.41, 5.74) is 0.966. The second-order valence-electron chi connectivity index (χ2n) is 4.81. The van der Waals surface area contributed by atoms with Gasteiger partial charge in [-0.25, -0.2) is 0 Å². The van der Waals surface area contributed by atoms with Gasteiger partial charge in [0.1, 0.15) is 0 Å². The predicted octanol–water partition coefficient (Wildman–Crippen LogP) is 2.26. The van der Waals surface area contributed by atoms with Gasteiger partial charge in [0.05, 0.1) is 20.6 Å². The molecule has 1 aromatic rings. The number of hydrogen-bond donors (Lipinski definition) is 0. The summed E-state index contributed by atoms with van der Waals surface area (Å²) in [6.45, 7) is 1.79. The van der Waals surface area contributed by atoms with E-state index in [1.165, 1.54) is 6.42 Å². The van der Waals surface area contributed by atoms with Gasteiger partial charge in [0.2, 0.25) is 5.91 Å². The lowest BCUT2D eigenvalue weighted by Crippen LogP contribution is -2.36. The average Bonchev–Trinajstić information content (AvgIpc) is 2.48. The van der Waals surface area contributed by atoms with Crippen molar-refractivity contribution in [3.8, 4) is 11.5 Å². The highest BCUT2D eigenvalue weighted by molar-refractivity contribution is 5.79. The molecule has 1 aliphatic rings. The van der Waals surface area contributed by atoms with Crippen LogP contribution in [0.3, 0.4) is 0 Å². The van der Waals surface area contributed by atoms with Gasteiger partial charge in [-0.3, -0.25) is 4.79 Å². The van der Waals surface area contributed by atoms with Crippen LogP contribution in [0.4, 0.5) is 0 Å². The lowest BCUT2D eigenvalue weighted by molar-refractivity contribution is -0.131. The molecule has 0 aromatic heterocycles. The summed E-state index contributed by atoms with van der Waals surface area (Å²) >= 11 is 0. The van der Waals surface area contributed by atoms with Crippen molar-refractivity contribution >= 4 is 5.91 Å². The standard InChI is InChI=1S/C15H21NO3/c1-18-13-7-6-12(10-14(13)19-2)11-15(17)16-8-4-3-5-9-16/h6-7,10H,3-5,8-9,11H2,1-2H3. The molecule has 1 aliphatic heterocycles. The Hall–Kier alpha value is -1.71. The molecule has 1 saturated heterocycles. The maximum Gasteiger partial charge on any atom is 0.226 e. The van der Waals surface area contributed by atoms with Crippen LogP contribution in [0.5, 0.6) is 11.5 Å². The lowest BCUT2D eigenvalue weighted by Gasteiger charge is -2.26. The SMILES string of the molecule is COc1ccc(CC(=O)N2CCCCC2)cc1OC. The van der Waals surface area contributed by atoms with E-state index in [0.717, 1.165) is 31.5 Å². The van der Waals surface area contributed by atoms with E-state index in [1.807, 2.05) is 23.1 Å². The van der Waals surface area contributed by atoms with Gasteiger partial charge in [0, 0.05) is 13.1 Å². The number of hydrogen-bond acceptors (Lipinski definition) is 3. The summed E-state index contributed by atoms with van der Waals surface area (Å²) in [5.74, 6) is 1.56. The number of benzene rings is 1. The summed E-state index contributed by atoms with van der Waals surface area (Å²) in [5, 5.41) is 0. The molecule has 0 unspecified atom stereocenters. The van der Waals surface area contributed by atoms with E-state index in [2.05, 4.69) is 0 Å². The molecule has 0 N–H and O–H groups in total. The normalized spacial score (nSPS) is 15.2. The molecule has 1 heterocycles. The monoisotopic (exact) mass is 263 g/mol. The number of amides is 1. The largest absolute Gasteiger partial charge is 0.493 e. The van der Waals surface area contributed by atoms with Crippen molar-refractivity contribution in [2.75, 3.05) is 27.3 Å². The van der Waals surface area contributed by atoms with Gasteiger partial charge in [0.15, 0.2) is 11.5 Å². The first-order chi connectivity index (χ1) is 9.24. The first-order valence-corrected chi connectivity index (χ1v) is 6.73. The number of carbonyl (C=O) groups is 1. The quantitative estimate of drug-likeness (QED) is 0.836. The molecule has 0 bridgehead atoms. The van der Waals surface area contributed by atoms with Crippen LogP contribution >= 0.6 is 0 Å². The highest BCUT2D eigenvalue weighted by Crippen LogP contribution is 2.28. The Morgan fingerprint density at radius 3 is 2.42 bits per heavy atom. The molecule has 0 spiro atoms. The van der Waals surface area contributed by atoms with Crippen molar-refractivity contribution in [2.45, 2.75) is 25.7 Å². The van der Waals surface area contributed by atoms with Gasteiger partial charge < -0.3 is 14.4 Å². The molecule has 1 fully saturated rings. The Morgan fingerprint density at radius 1 is 1.11 bits per heavy atom. The number of ether oxygens (including phenoxy) is 2. The summed E-state index contributed by atoms with van der Waals surface area (Å²) in [6.07, 6.45) is 3.91. The molecule has 2 rings (SSSR count). The van der Waals surface area contributed by atoms with Crippen LogP contribution in [0.25, 0.3) is 0 Å². The smallest absolute Gasteiger partial charge is 0.226 e. The molecule has 0 saturated carbocycles. The van der Waals surface area contributed by atoms with Crippen molar-refractivity contribution in [1.29, 1.82) is 0 Å². The molecular weight excluding hydrogens is 242 g/mol. The first kappa shape index (κ1) is 13.7. The van der Waals surface area contributed by atoms with E-state index in [4.69, 9.17) is 9.47 Å². The lowest BCUT2D eigenvalue weighted by atomic mass is 10.1. The first-order valence-electron chi connectivity index (χ1n) is 6.73. The van der Waals surface area contributed by atoms with Crippen LogP contribution in [0.2, 0.25) is 0 Å². The third-order valence-corrected chi connectivity index (χ3v) is 3.51. The van der Waals surface area contributed by atoms with E-state index in [0.29, 0.717) is 17.9 Å². The molecule has 1 amide bonds. The zero-order valence-electron chi connectivity index (χ0n) is 11.6. The van der Waals surface area contributed by atoms with Gasteiger partial charge in [0.25, 0.3) is 0 Å². The van der Waals surface area contributed by atoms with Crippen molar-refractivity contribution in [3.05, 3.63) is 23.8 Å². The molecule has 0 radical (unpaired) electrons. The fraction of sp³-hybridized carbons (Fsp3) is 0.533. The van der Waals surface area contributed by atoms with E-state index < -0.39 is 0 Å². The summed E-state index contributed by atoms with van der Waals surface area (Å²) in [7, 11) is 3.21. The van der Waals surface area contributed by atoms with E-state index in [-0.39, 0.29) is 5.91 Å². The molecule has 4 heteroatoms. The Kier molecular flexibility index (Phi) is 4.66. The van der Waals surface area contributed by atoms with Crippen LogP contribution in [0.15, 0.2) is 18.2 Å². The van der Waals surface area contributed by atoms with Crippen LogP contribution in [-0.4, -0.2) is 38.1 Å². The van der Waals surface area contributed by atoms with Gasteiger partial charge in [-0.1, -0.05) is 6.07 Å². The number of piperidine rings is 1. The van der Waals surface area contributed by atoms with Gasteiger partial charge in [-0.05, 0) is 37.0 Å². The van der Waals surface area contributed by atoms with Crippen LogP contribution in [0.1, 0.15) is 24.8 Å². The van der Waals surface area contributed by atoms with Crippen molar-refractivity contribution in [3.63, 3.8) is 0 Å². The van der Waals surface area contributed by atoms with Crippen molar-refractivity contribution in [1.82, 2.24) is 4.90 Å². The third kappa shape index (κ3) is 3.40. The van der Waals surface area contributed by atoms with Crippen molar-refractivity contribution < 1.29 is 14.3 Å². The molecule has 0 aliphatic carbocycles. The Labute approximate surface area is 114 Å². The second-order valence-corrected chi connectivity index (χ2v) is 4.81. The van der Waals surface area contributed by atoms with Gasteiger partial charge in [-0.2, -0.15) is 0 Å². The average molecular weight is 263 g/mol. The highest BCUT2D eigenvalue weighted by Gasteiger charge is 2.17. The molecule has 19 heavy (non-hydrogen) atoms. The summed E-state index contributed by atoms with van der Waals surface area (Å²) in [6, 6.07) is 5.64. The third-order valence-electron chi connectivity index (χ3n) is 3.51. The minimum Gasteiger partial charge on any atom is -0.493 e. The molecule has 1 aromatic carbocycles. The Bertz CT molecular complexity index is 439. The van der Waals surface area contributed by atoms with Crippen LogP contribution in [0, 0.1) is 0 Å². The maximum absolute atomic E-state index is 12.2. The second kappa shape index (κ2) is 6.45. The molecular formula is C15H21NO3. The topological polar surface area (TPSA) is 38.8 Å². The number of nitrogens with zero attached hydrogens (tertiary/aromatic N) is 1. The number of likely N-dealkylation sites (tertiary alicyclic amines) is 1. The minimum atomic E-state index is 0.201. The highest BCUT2D eigenvalue weighted by atomic mass is 16.5. The number of carbonyl (C=O) groups excluding carboxylic acids is 1.